The lowest BCUT2D eigenvalue weighted by Gasteiger charge is -2.16. The minimum atomic E-state index is -0.566. The second-order valence-electron chi connectivity index (χ2n) is 3.56. The first kappa shape index (κ1) is 15.5. The molecule has 20 heavy (non-hydrogen) atoms. The van der Waals surface area contributed by atoms with E-state index in [2.05, 4.69) is 6.58 Å². The fourth-order valence-corrected chi connectivity index (χ4v) is 1.46. The monoisotopic (exact) mass is 279 g/mol. The number of benzene rings is 1. The number of para-hydroxylation sites is 1. The maximum atomic E-state index is 11.8. The zero-order valence-corrected chi connectivity index (χ0v) is 11.0. The lowest BCUT2D eigenvalue weighted by atomic mass is 10.2. The summed E-state index contributed by atoms with van der Waals surface area (Å²) in [5, 5.41) is 22.7. The molecule has 0 saturated heterocycles. The Hall–Kier alpha value is -2.54. The van der Waals surface area contributed by atoms with Crippen LogP contribution in [0.3, 0.4) is 0 Å². The van der Waals surface area contributed by atoms with E-state index in [-0.39, 0.29) is 30.3 Å². The van der Waals surface area contributed by atoms with Gasteiger partial charge in [0.25, 0.3) is 5.69 Å². The third kappa shape index (κ3) is 3.99. The first-order chi connectivity index (χ1) is 9.63. The van der Waals surface area contributed by atoms with Gasteiger partial charge in [0.2, 0.25) is 0 Å². The Kier molecular flexibility index (Phi) is 6.05. The van der Waals surface area contributed by atoms with Crippen molar-refractivity contribution in [2.24, 2.45) is 0 Å². The van der Waals surface area contributed by atoms with Gasteiger partial charge >= 0.3 is 5.97 Å². The van der Waals surface area contributed by atoms with Gasteiger partial charge in [-0.15, -0.1) is 0 Å². The molecule has 0 amide bonds. The lowest BCUT2D eigenvalue weighted by molar-refractivity contribution is -0.354. The highest BCUT2D eigenvalue weighted by Crippen LogP contribution is 2.34. The van der Waals surface area contributed by atoms with Crippen molar-refractivity contribution < 1.29 is 19.0 Å². The molecule has 1 N–H and O–H groups in total. The number of allylic oxidation sites excluding steroid dienone is 1. The number of hydrogen-bond donors (Lipinski definition) is 1. The SMILES string of the molecule is C=C/C=[N+](/[O-])c1c(N[O-])cccc1OCC(=O)OCC. The van der Waals surface area contributed by atoms with Gasteiger partial charge in [0.15, 0.2) is 18.6 Å². The van der Waals surface area contributed by atoms with E-state index in [0.29, 0.717) is 4.74 Å². The molecule has 0 aliphatic rings. The van der Waals surface area contributed by atoms with Crippen molar-refractivity contribution in [1.82, 2.24) is 0 Å². The van der Waals surface area contributed by atoms with E-state index < -0.39 is 5.97 Å². The average molecular weight is 279 g/mol. The van der Waals surface area contributed by atoms with E-state index in [1.807, 2.05) is 0 Å². The van der Waals surface area contributed by atoms with Crippen molar-refractivity contribution in [3.63, 3.8) is 0 Å². The fourth-order valence-electron chi connectivity index (χ4n) is 1.46. The van der Waals surface area contributed by atoms with Crippen molar-refractivity contribution >= 4 is 23.6 Å². The van der Waals surface area contributed by atoms with Crippen LogP contribution in [-0.4, -0.2) is 30.1 Å². The number of nitrogens with one attached hydrogen (secondary N) is 1. The molecule has 108 valence electrons. The van der Waals surface area contributed by atoms with E-state index in [1.165, 1.54) is 24.3 Å². The largest absolute Gasteiger partial charge is 0.761 e. The molecule has 1 rings (SSSR count). The summed E-state index contributed by atoms with van der Waals surface area (Å²) in [7, 11) is 0. The molecule has 1 aromatic carbocycles. The molecule has 0 bridgehead atoms. The number of esters is 1. The second-order valence-corrected chi connectivity index (χ2v) is 3.56. The highest BCUT2D eigenvalue weighted by Gasteiger charge is 2.17. The van der Waals surface area contributed by atoms with E-state index in [4.69, 9.17) is 9.47 Å². The first-order valence-electron chi connectivity index (χ1n) is 5.85. The van der Waals surface area contributed by atoms with Gasteiger partial charge in [0.05, 0.1) is 6.61 Å². The number of nitrogens with zero attached hydrogens (tertiary/aromatic N) is 1. The van der Waals surface area contributed by atoms with E-state index >= 15 is 0 Å². The Morgan fingerprint density at radius 3 is 2.90 bits per heavy atom. The lowest BCUT2D eigenvalue weighted by Crippen LogP contribution is -2.15. The van der Waals surface area contributed by atoms with Crippen LogP contribution in [0.1, 0.15) is 6.92 Å². The molecule has 1 aromatic rings. The number of hydrogen-bond acceptors (Lipinski definition) is 6. The highest BCUT2D eigenvalue weighted by molar-refractivity contribution is 5.75. The molecule has 0 aliphatic heterocycles. The van der Waals surface area contributed by atoms with Gasteiger partial charge in [-0.25, -0.2) is 4.79 Å². The summed E-state index contributed by atoms with van der Waals surface area (Å²) < 4.78 is 10.3. The fraction of sp³-hybridized carbons (Fsp3) is 0.231. The molecule has 0 unspecified atom stereocenters. The van der Waals surface area contributed by atoms with Gasteiger partial charge in [-0.1, -0.05) is 12.6 Å². The van der Waals surface area contributed by atoms with E-state index in [1.54, 1.807) is 12.4 Å². The molecule has 0 radical (unpaired) electrons. The van der Waals surface area contributed by atoms with Crippen LogP contribution < -0.4 is 10.2 Å². The summed E-state index contributed by atoms with van der Waals surface area (Å²) in [5.74, 6) is -0.476. The third-order valence-corrected chi connectivity index (χ3v) is 2.22. The zero-order valence-electron chi connectivity index (χ0n) is 11.0. The summed E-state index contributed by atoms with van der Waals surface area (Å²) in [6.45, 7) is 4.94. The molecular weight excluding hydrogens is 264 g/mol. The molecule has 0 spiro atoms. The number of carbonyl (C=O) groups is 1. The molecule has 0 fully saturated rings. The van der Waals surface area contributed by atoms with Crippen LogP contribution in [0.2, 0.25) is 0 Å². The van der Waals surface area contributed by atoms with Gasteiger partial charge in [0.1, 0.15) is 5.69 Å². The molecule has 0 aliphatic carbocycles. The van der Waals surface area contributed by atoms with Crippen LogP contribution in [0, 0.1) is 10.4 Å². The number of anilines is 1. The Morgan fingerprint density at radius 2 is 2.30 bits per heavy atom. The first-order valence-corrected chi connectivity index (χ1v) is 5.85. The molecular formula is C13H15N2O5-. The van der Waals surface area contributed by atoms with Crippen LogP contribution >= 0.6 is 0 Å². The van der Waals surface area contributed by atoms with E-state index in [0.717, 1.165) is 6.21 Å². The molecule has 0 heterocycles. The van der Waals surface area contributed by atoms with Crippen LogP contribution in [0.4, 0.5) is 11.4 Å². The summed E-state index contributed by atoms with van der Waals surface area (Å²) in [4.78, 5) is 11.2. The topological polar surface area (TPSA) is 96.7 Å². The summed E-state index contributed by atoms with van der Waals surface area (Å²) >= 11 is 0. The highest BCUT2D eigenvalue weighted by atomic mass is 16.6. The Bertz CT molecular complexity index is 513. The van der Waals surface area contributed by atoms with Crippen molar-refractivity contribution in [3.05, 3.63) is 41.3 Å². The number of carbonyl (C=O) groups excluding carboxylic acids is 1. The van der Waals surface area contributed by atoms with Crippen LogP contribution in [-0.2, 0) is 9.53 Å². The number of ether oxygens (including phenoxy) is 2. The van der Waals surface area contributed by atoms with E-state index in [9.17, 15) is 15.2 Å². The normalized spacial score (nSPS) is 10.8. The zero-order chi connectivity index (χ0) is 15.0. The third-order valence-electron chi connectivity index (χ3n) is 2.22. The minimum Gasteiger partial charge on any atom is -0.761 e. The minimum absolute atomic E-state index is 0.0273. The van der Waals surface area contributed by atoms with Gasteiger partial charge in [0, 0.05) is 0 Å². The van der Waals surface area contributed by atoms with Crippen molar-refractivity contribution in [1.29, 1.82) is 0 Å². The predicted molar refractivity (Wildman–Crippen MR) is 75.1 cm³/mol. The van der Waals surface area contributed by atoms with Gasteiger partial charge in [-0.05, 0) is 25.1 Å². The van der Waals surface area contributed by atoms with Crippen molar-refractivity contribution in [3.8, 4) is 5.75 Å². The Morgan fingerprint density at radius 1 is 1.55 bits per heavy atom. The number of rotatable bonds is 7. The molecule has 0 saturated carbocycles. The summed E-state index contributed by atoms with van der Waals surface area (Å²) in [6.07, 6.45) is 2.39. The van der Waals surface area contributed by atoms with Crippen molar-refractivity contribution in [2.45, 2.75) is 6.92 Å². The Labute approximate surface area is 116 Å². The Balaban J connectivity index is 3.03. The summed E-state index contributed by atoms with van der Waals surface area (Å²) in [6, 6.07) is 4.41. The van der Waals surface area contributed by atoms with Crippen LogP contribution in [0.15, 0.2) is 30.9 Å². The van der Waals surface area contributed by atoms with Crippen LogP contribution in [0.5, 0.6) is 5.75 Å². The second kappa shape index (κ2) is 7.80. The van der Waals surface area contributed by atoms with Gasteiger partial charge in [-0.3, -0.25) is 0 Å². The van der Waals surface area contributed by atoms with Crippen molar-refractivity contribution in [2.75, 3.05) is 18.7 Å². The average Bonchev–Trinajstić information content (AvgIpc) is 2.45. The molecule has 7 heteroatoms. The molecule has 0 aromatic heterocycles. The maximum Gasteiger partial charge on any atom is 0.344 e. The quantitative estimate of drug-likeness (QED) is 0.269. The molecule has 7 nitrogen and oxygen atoms in total. The van der Waals surface area contributed by atoms with Gasteiger partial charge in [-0.2, -0.15) is 4.74 Å². The van der Waals surface area contributed by atoms with Crippen LogP contribution in [0.25, 0.3) is 0 Å². The molecule has 0 atom stereocenters. The van der Waals surface area contributed by atoms with Gasteiger partial charge < -0.3 is 25.4 Å². The smallest absolute Gasteiger partial charge is 0.344 e. The standard InChI is InChI=1S/C13H15N2O5/c1-3-8-15(18)13-10(14-17)6-5-7-11(13)20-9-12(16)19-4-2/h3,5-8,14H,1,4,9H2,2H3/q-1/b15-8+. The predicted octanol–water partition coefficient (Wildman–Crippen LogP) is 1.94. The summed E-state index contributed by atoms with van der Waals surface area (Å²) in [5.41, 5.74) is 1.64. The maximum absolute atomic E-state index is 11.8.